The number of hydrogen-bond acceptors (Lipinski definition) is 5. The third kappa shape index (κ3) is 2.74. The van der Waals surface area contributed by atoms with Crippen LogP contribution in [0.5, 0.6) is 11.5 Å². The fourth-order valence-corrected chi connectivity index (χ4v) is 3.05. The molecule has 3 rings (SSSR count). The number of benzene rings is 1. The number of fused-ring (bicyclic) bond motifs is 1. The lowest BCUT2D eigenvalue weighted by Crippen LogP contribution is -2.34. The molecule has 22 heavy (non-hydrogen) atoms. The van der Waals surface area contributed by atoms with E-state index in [2.05, 4.69) is 5.32 Å². The van der Waals surface area contributed by atoms with Crippen molar-refractivity contribution in [1.29, 1.82) is 0 Å². The van der Waals surface area contributed by atoms with E-state index in [1.54, 1.807) is 7.11 Å². The van der Waals surface area contributed by atoms with Crippen molar-refractivity contribution in [3.05, 3.63) is 22.7 Å². The Kier molecular flexibility index (Phi) is 4.42. The Bertz CT molecular complexity index is 581. The lowest BCUT2D eigenvalue weighted by molar-refractivity contribution is -0.122. The molecule has 1 N–H and O–H groups in total. The Morgan fingerprint density at radius 1 is 1.41 bits per heavy atom. The van der Waals surface area contributed by atoms with Gasteiger partial charge in [-0.15, -0.1) is 0 Å². The topological polar surface area (TPSA) is 60.0 Å². The molecule has 0 bridgehead atoms. The molecule has 120 valence electrons. The maximum Gasteiger partial charge on any atom is 0.241 e. The molecule has 1 aromatic carbocycles. The van der Waals surface area contributed by atoms with Crippen molar-refractivity contribution in [2.75, 3.05) is 34.0 Å². The SMILES string of the molecule is COC[C@H]1C(=O)NC(c2cc(Cl)c3c(c2)OCCCO3)N1C. The van der Waals surface area contributed by atoms with Crippen molar-refractivity contribution in [3.8, 4) is 11.5 Å². The van der Waals surface area contributed by atoms with Gasteiger partial charge in [0.25, 0.3) is 0 Å². The van der Waals surface area contributed by atoms with Crippen molar-refractivity contribution >= 4 is 17.5 Å². The minimum Gasteiger partial charge on any atom is -0.489 e. The molecule has 2 atom stereocenters. The Hall–Kier alpha value is -1.50. The first kappa shape index (κ1) is 15.4. The van der Waals surface area contributed by atoms with E-state index in [-0.39, 0.29) is 18.1 Å². The highest BCUT2D eigenvalue weighted by molar-refractivity contribution is 6.32. The van der Waals surface area contributed by atoms with Gasteiger partial charge in [0.2, 0.25) is 5.91 Å². The minimum absolute atomic E-state index is 0.0578. The standard InChI is InChI=1S/C15H19ClN2O4/c1-18-11(8-20-2)15(19)17-14(18)9-6-10(16)13-12(7-9)21-4-3-5-22-13/h6-7,11,14H,3-5,8H2,1-2H3,(H,17,19)/t11-,14?/m0/s1. The van der Waals surface area contributed by atoms with Crippen LogP contribution in [0.2, 0.25) is 5.02 Å². The number of nitrogens with one attached hydrogen (secondary N) is 1. The first-order valence-corrected chi connectivity index (χ1v) is 7.60. The second-order valence-electron chi connectivity index (χ2n) is 5.43. The molecule has 2 aliphatic rings. The van der Waals surface area contributed by atoms with Crippen LogP contribution in [-0.2, 0) is 9.53 Å². The highest BCUT2D eigenvalue weighted by Crippen LogP contribution is 2.40. The van der Waals surface area contributed by atoms with Crippen LogP contribution in [0.15, 0.2) is 12.1 Å². The van der Waals surface area contributed by atoms with E-state index in [1.165, 1.54) is 0 Å². The van der Waals surface area contributed by atoms with E-state index in [9.17, 15) is 4.79 Å². The van der Waals surface area contributed by atoms with Gasteiger partial charge in [0.1, 0.15) is 12.2 Å². The average molecular weight is 327 g/mol. The van der Waals surface area contributed by atoms with E-state index in [0.29, 0.717) is 36.3 Å². The Labute approximate surface area is 134 Å². The van der Waals surface area contributed by atoms with Gasteiger partial charge >= 0.3 is 0 Å². The fourth-order valence-electron chi connectivity index (χ4n) is 2.78. The highest BCUT2D eigenvalue weighted by Gasteiger charge is 2.38. The van der Waals surface area contributed by atoms with E-state index in [4.69, 9.17) is 25.8 Å². The number of carbonyl (C=O) groups is 1. The second kappa shape index (κ2) is 6.32. The number of nitrogens with zero attached hydrogens (tertiary/aromatic N) is 1. The number of halogens is 1. The number of likely N-dealkylation sites (N-methyl/N-ethyl adjacent to an activating group) is 1. The van der Waals surface area contributed by atoms with Gasteiger partial charge in [0, 0.05) is 13.5 Å². The summed E-state index contributed by atoms with van der Waals surface area (Å²) in [5.74, 6) is 1.14. The van der Waals surface area contributed by atoms with E-state index in [0.717, 1.165) is 12.0 Å². The van der Waals surface area contributed by atoms with Crippen LogP contribution in [0.4, 0.5) is 0 Å². The Balaban J connectivity index is 1.91. The van der Waals surface area contributed by atoms with Crippen LogP contribution in [0.3, 0.4) is 0 Å². The molecule has 1 fully saturated rings. The summed E-state index contributed by atoms with van der Waals surface area (Å²) in [6.07, 6.45) is 0.554. The van der Waals surface area contributed by atoms with Gasteiger partial charge in [-0.05, 0) is 24.7 Å². The van der Waals surface area contributed by atoms with E-state index >= 15 is 0 Å². The average Bonchev–Trinajstić information content (AvgIpc) is 2.69. The van der Waals surface area contributed by atoms with Crippen molar-refractivity contribution in [2.45, 2.75) is 18.6 Å². The maximum atomic E-state index is 12.1. The van der Waals surface area contributed by atoms with Gasteiger partial charge in [-0.2, -0.15) is 0 Å². The molecule has 6 nitrogen and oxygen atoms in total. The zero-order valence-electron chi connectivity index (χ0n) is 12.6. The number of hydrogen-bond donors (Lipinski definition) is 1. The van der Waals surface area contributed by atoms with Gasteiger partial charge in [0.05, 0.1) is 24.8 Å². The second-order valence-corrected chi connectivity index (χ2v) is 5.84. The largest absolute Gasteiger partial charge is 0.489 e. The molecule has 2 aliphatic heterocycles. The van der Waals surface area contributed by atoms with Crippen molar-refractivity contribution in [1.82, 2.24) is 10.2 Å². The number of carbonyl (C=O) groups excluding carboxylic acids is 1. The zero-order chi connectivity index (χ0) is 15.7. The highest BCUT2D eigenvalue weighted by atomic mass is 35.5. The van der Waals surface area contributed by atoms with Gasteiger partial charge in [-0.25, -0.2) is 0 Å². The summed E-state index contributed by atoms with van der Waals surface area (Å²) >= 11 is 6.32. The molecule has 0 aromatic heterocycles. The molecular formula is C15H19ClN2O4. The Morgan fingerprint density at radius 2 is 2.18 bits per heavy atom. The minimum atomic E-state index is -0.315. The van der Waals surface area contributed by atoms with Gasteiger partial charge in [-0.3, -0.25) is 9.69 Å². The number of rotatable bonds is 3. The van der Waals surface area contributed by atoms with Gasteiger partial charge < -0.3 is 19.5 Å². The molecule has 0 aliphatic carbocycles. The maximum absolute atomic E-state index is 12.1. The number of methoxy groups -OCH3 is 1. The summed E-state index contributed by atoms with van der Waals surface area (Å²) < 4.78 is 16.4. The van der Waals surface area contributed by atoms with Crippen molar-refractivity contribution in [2.24, 2.45) is 0 Å². The summed E-state index contributed by atoms with van der Waals surface area (Å²) in [7, 11) is 3.46. The van der Waals surface area contributed by atoms with Crippen molar-refractivity contribution in [3.63, 3.8) is 0 Å². The lowest BCUT2D eigenvalue weighted by atomic mass is 10.1. The molecule has 0 radical (unpaired) electrons. The molecule has 1 amide bonds. The molecule has 2 heterocycles. The lowest BCUT2D eigenvalue weighted by Gasteiger charge is -2.24. The quantitative estimate of drug-likeness (QED) is 0.914. The van der Waals surface area contributed by atoms with Crippen LogP contribution in [0.25, 0.3) is 0 Å². The zero-order valence-corrected chi connectivity index (χ0v) is 13.4. The van der Waals surface area contributed by atoms with Gasteiger partial charge in [0.15, 0.2) is 11.5 Å². The molecule has 1 aromatic rings. The first-order valence-electron chi connectivity index (χ1n) is 7.22. The summed E-state index contributed by atoms with van der Waals surface area (Å²) in [5.41, 5.74) is 0.865. The molecular weight excluding hydrogens is 308 g/mol. The van der Waals surface area contributed by atoms with Gasteiger partial charge in [-0.1, -0.05) is 11.6 Å². The normalized spacial score (nSPS) is 25.0. The van der Waals surface area contributed by atoms with Crippen molar-refractivity contribution < 1.29 is 19.0 Å². The van der Waals surface area contributed by atoms with Crippen LogP contribution in [0.1, 0.15) is 18.2 Å². The molecule has 7 heteroatoms. The molecule has 1 unspecified atom stereocenters. The van der Waals surface area contributed by atoms with E-state index < -0.39 is 0 Å². The Morgan fingerprint density at radius 3 is 2.95 bits per heavy atom. The molecule has 0 saturated carbocycles. The van der Waals surface area contributed by atoms with Crippen LogP contribution < -0.4 is 14.8 Å². The number of ether oxygens (including phenoxy) is 3. The molecule has 1 saturated heterocycles. The number of amides is 1. The van der Waals surface area contributed by atoms with Crippen LogP contribution in [0, 0.1) is 0 Å². The summed E-state index contributed by atoms with van der Waals surface area (Å²) in [6, 6.07) is 3.37. The molecule has 0 spiro atoms. The predicted octanol–water partition coefficient (Wildman–Crippen LogP) is 1.58. The summed E-state index contributed by atoms with van der Waals surface area (Å²) in [4.78, 5) is 14.0. The van der Waals surface area contributed by atoms with Crippen LogP contribution >= 0.6 is 11.6 Å². The van der Waals surface area contributed by atoms with E-state index in [1.807, 2.05) is 24.1 Å². The fraction of sp³-hybridized carbons (Fsp3) is 0.533. The predicted molar refractivity (Wildman–Crippen MR) is 81.4 cm³/mol. The van der Waals surface area contributed by atoms with Crippen LogP contribution in [-0.4, -0.2) is 50.8 Å². The third-order valence-corrected chi connectivity index (χ3v) is 4.23. The first-order chi connectivity index (χ1) is 10.6. The summed E-state index contributed by atoms with van der Waals surface area (Å²) in [5, 5.41) is 3.45. The summed E-state index contributed by atoms with van der Waals surface area (Å²) in [6.45, 7) is 1.52. The smallest absolute Gasteiger partial charge is 0.241 e. The third-order valence-electron chi connectivity index (χ3n) is 3.95. The monoisotopic (exact) mass is 326 g/mol.